The first-order valence-corrected chi connectivity index (χ1v) is 12.4. The largest absolute Gasteiger partial charge is 0.314 e. The van der Waals surface area contributed by atoms with Crippen molar-refractivity contribution in [3.63, 3.8) is 0 Å². The van der Waals surface area contributed by atoms with Crippen LogP contribution in [0.5, 0.6) is 0 Å². The van der Waals surface area contributed by atoms with Crippen molar-refractivity contribution >= 4 is 32.7 Å². The summed E-state index contributed by atoms with van der Waals surface area (Å²) in [7, 11) is 0. The summed E-state index contributed by atoms with van der Waals surface area (Å²) in [6, 6.07) is 36.6. The van der Waals surface area contributed by atoms with Gasteiger partial charge in [0.05, 0.1) is 33.6 Å². The fourth-order valence-electron chi connectivity index (χ4n) is 5.59. The van der Waals surface area contributed by atoms with Crippen molar-refractivity contribution in [2.24, 2.45) is 0 Å². The van der Waals surface area contributed by atoms with Gasteiger partial charge in [-0.2, -0.15) is 15.8 Å². The van der Waals surface area contributed by atoms with E-state index in [0.29, 0.717) is 17.1 Å². The molecule has 0 saturated carbocycles. The van der Waals surface area contributed by atoms with Crippen molar-refractivity contribution in [1.29, 1.82) is 15.8 Å². The summed E-state index contributed by atoms with van der Waals surface area (Å²) in [6.07, 6.45) is 5.63. The maximum Gasteiger partial charge on any atom is 0.104 e. The predicted molar refractivity (Wildman–Crippen MR) is 151 cm³/mol. The Morgan fingerprint density at radius 1 is 0.385 bits per heavy atom. The Labute approximate surface area is 223 Å². The molecule has 39 heavy (non-hydrogen) atoms. The van der Waals surface area contributed by atoms with Crippen molar-refractivity contribution in [3.05, 3.63) is 126 Å². The van der Waals surface area contributed by atoms with Crippen LogP contribution in [0.4, 0.5) is 0 Å². The molecule has 0 fully saturated rings. The van der Waals surface area contributed by atoms with Gasteiger partial charge in [-0.15, -0.1) is 0 Å². The summed E-state index contributed by atoms with van der Waals surface area (Å²) in [5.74, 6) is 0. The number of fused-ring (bicyclic) bond motifs is 3. The van der Waals surface area contributed by atoms with Gasteiger partial charge in [0.2, 0.25) is 0 Å². The van der Waals surface area contributed by atoms with Crippen LogP contribution in [0, 0.1) is 34.0 Å². The van der Waals surface area contributed by atoms with Crippen LogP contribution >= 0.6 is 0 Å². The van der Waals surface area contributed by atoms with Gasteiger partial charge in [-0.1, -0.05) is 54.6 Å². The number of nitriles is 3. The second-order valence-electron chi connectivity index (χ2n) is 9.24. The van der Waals surface area contributed by atoms with Crippen LogP contribution in [0.25, 0.3) is 49.8 Å². The summed E-state index contributed by atoms with van der Waals surface area (Å²) in [4.78, 5) is 0. The van der Waals surface area contributed by atoms with Crippen molar-refractivity contribution < 1.29 is 0 Å². The molecule has 6 nitrogen and oxygen atoms in total. The molecule has 180 valence electrons. The van der Waals surface area contributed by atoms with E-state index in [1.54, 1.807) is 0 Å². The molecule has 0 spiro atoms. The molecule has 0 aliphatic rings. The summed E-state index contributed by atoms with van der Waals surface area (Å²) >= 11 is 0. The first-order chi connectivity index (χ1) is 19.2. The van der Waals surface area contributed by atoms with Crippen LogP contribution in [0.2, 0.25) is 0 Å². The zero-order valence-corrected chi connectivity index (χ0v) is 20.6. The molecule has 6 heteroatoms. The zero-order valence-electron chi connectivity index (χ0n) is 20.6. The topological polar surface area (TPSA) is 86.2 Å². The zero-order chi connectivity index (χ0) is 26.5. The van der Waals surface area contributed by atoms with Crippen LogP contribution in [-0.2, 0) is 0 Å². The van der Waals surface area contributed by atoms with Gasteiger partial charge < -0.3 is 13.7 Å². The van der Waals surface area contributed by atoms with Crippen LogP contribution in [-0.4, -0.2) is 13.7 Å². The Balaban J connectivity index is 1.73. The Kier molecular flexibility index (Phi) is 4.85. The number of hydrogen-bond donors (Lipinski definition) is 0. The van der Waals surface area contributed by atoms with E-state index in [9.17, 15) is 15.8 Å². The summed E-state index contributed by atoms with van der Waals surface area (Å²) in [5, 5.41) is 35.0. The van der Waals surface area contributed by atoms with Gasteiger partial charge in [0.1, 0.15) is 34.9 Å². The summed E-state index contributed by atoms with van der Waals surface area (Å²) in [5.41, 5.74) is 4.69. The molecule has 0 saturated heterocycles. The third-order valence-corrected chi connectivity index (χ3v) is 7.28. The van der Waals surface area contributed by atoms with Gasteiger partial charge in [-0.05, 0) is 52.6 Å². The highest BCUT2D eigenvalue weighted by Gasteiger charge is 2.29. The smallest absolute Gasteiger partial charge is 0.104 e. The second kappa shape index (κ2) is 8.53. The summed E-state index contributed by atoms with van der Waals surface area (Å²) < 4.78 is 5.66. The normalized spacial score (nSPS) is 11.0. The van der Waals surface area contributed by atoms with E-state index in [-0.39, 0.29) is 16.7 Å². The molecule has 3 heterocycles. The fourth-order valence-corrected chi connectivity index (χ4v) is 5.59. The van der Waals surface area contributed by atoms with Crippen molar-refractivity contribution in [1.82, 2.24) is 13.7 Å². The molecule has 3 aromatic heterocycles. The molecule has 0 atom stereocenters. The highest BCUT2D eigenvalue weighted by atomic mass is 15.0. The molecule has 7 aromatic rings. The number of aromatic nitrogens is 3. The minimum absolute atomic E-state index is 0.256. The molecule has 0 aliphatic heterocycles. The maximum atomic E-state index is 10.7. The number of benzene rings is 4. The van der Waals surface area contributed by atoms with Gasteiger partial charge in [-0.3, -0.25) is 0 Å². The van der Waals surface area contributed by atoms with Crippen LogP contribution < -0.4 is 0 Å². The number of rotatable bonds is 3. The Bertz CT molecular complexity index is 1950. The van der Waals surface area contributed by atoms with Crippen LogP contribution in [0.15, 0.2) is 110 Å². The van der Waals surface area contributed by atoms with E-state index in [0.717, 1.165) is 32.7 Å². The second-order valence-corrected chi connectivity index (χ2v) is 9.24. The maximum absolute atomic E-state index is 10.7. The van der Waals surface area contributed by atoms with Gasteiger partial charge >= 0.3 is 0 Å². The van der Waals surface area contributed by atoms with Crippen molar-refractivity contribution in [2.45, 2.75) is 0 Å². The highest BCUT2D eigenvalue weighted by Crippen LogP contribution is 2.39. The lowest BCUT2D eigenvalue weighted by atomic mass is 9.96. The van der Waals surface area contributed by atoms with Gasteiger partial charge in [0.15, 0.2) is 0 Å². The number of para-hydroxylation sites is 3. The molecule has 0 unspecified atom stereocenters. The minimum atomic E-state index is 0.256. The molecule has 4 aromatic carbocycles. The molecule has 0 N–H and O–H groups in total. The van der Waals surface area contributed by atoms with E-state index in [4.69, 9.17) is 0 Å². The van der Waals surface area contributed by atoms with E-state index < -0.39 is 0 Å². The molecule has 0 bridgehead atoms. The molecule has 0 aliphatic carbocycles. The molecular formula is C33H18N6. The number of hydrogen-bond acceptors (Lipinski definition) is 3. The highest BCUT2D eigenvalue weighted by molar-refractivity contribution is 5.91. The average Bonchev–Trinajstić information content (AvgIpc) is 3.72. The number of nitrogens with zero attached hydrogens (tertiary/aromatic N) is 6. The third-order valence-electron chi connectivity index (χ3n) is 7.28. The van der Waals surface area contributed by atoms with E-state index in [1.807, 2.05) is 123 Å². The van der Waals surface area contributed by atoms with Crippen LogP contribution in [0.1, 0.15) is 16.7 Å². The lowest BCUT2D eigenvalue weighted by molar-refractivity contribution is 1.02. The minimum Gasteiger partial charge on any atom is -0.314 e. The molecule has 0 amide bonds. The van der Waals surface area contributed by atoms with Gasteiger partial charge in [-0.25, -0.2) is 0 Å². The Morgan fingerprint density at radius 2 is 0.667 bits per heavy atom. The third kappa shape index (κ3) is 3.12. The van der Waals surface area contributed by atoms with E-state index in [2.05, 4.69) is 18.2 Å². The van der Waals surface area contributed by atoms with E-state index >= 15 is 0 Å². The lowest BCUT2D eigenvalue weighted by Gasteiger charge is -2.21. The molecule has 7 rings (SSSR count). The Hall–Kier alpha value is -6.03. The van der Waals surface area contributed by atoms with Gasteiger partial charge in [0, 0.05) is 18.6 Å². The standard InChI is InChI=1S/C33H18N6/c34-19-25-31(37-16-13-22-7-1-4-10-28(22)37)26(20-35)33(39-18-15-24-9-3-6-12-30(24)39)27(21-36)32(25)38-17-14-23-8-2-5-11-29(23)38/h1-18H. The predicted octanol–water partition coefficient (Wildman–Crippen LogP) is 7.13. The van der Waals surface area contributed by atoms with Crippen molar-refractivity contribution in [3.8, 4) is 35.3 Å². The molecule has 0 radical (unpaired) electrons. The average molecular weight is 499 g/mol. The van der Waals surface area contributed by atoms with E-state index in [1.165, 1.54) is 0 Å². The monoisotopic (exact) mass is 498 g/mol. The summed E-state index contributed by atoms with van der Waals surface area (Å²) in [6.45, 7) is 0. The first-order valence-electron chi connectivity index (χ1n) is 12.4. The molecular weight excluding hydrogens is 480 g/mol. The Morgan fingerprint density at radius 3 is 0.949 bits per heavy atom. The van der Waals surface area contributed by atoms with Gasteiger partial charge in [0.25, 0.3) is 0 Å². The van der Waals surface area contributed by atoms with Crippen molar-refractivity contribution in [2.75, 3.05) is 0 Å². The SMILES string of the molecule is N#Cc1c(-n2ccc3ccccc32)c(C#N)c(-n2ccc3ccccc32)c(C#N)c1-n1ccc2ccccc21. The lowest BCUT2D eigenvalue weighted by Crippen LogP contribution is -2.13. The first kappa shape index (κ1) is 22.2. The fraction of sp³-hybridized carbons (Fsp3) is 0. The quantitative estimate of drug-likeness (QED) is 0.260. The van der Waals surface area contributed by atoms with Crippen LogP contribution in [0.3, 0.4) is 0 Å².